The van der Waals surface area contributed by atoms with Gasteiger partial charge in [0.25, 0.3) is 5.91 Å². The lowest BCUT2D eigenvalue weighted by Crippen LogP contribution is -2.37. The van der Waals surface area contributed by atoms with Gasteiger partial charge in [0.2, 0.25) is 5.91 Å². The van der Waals surface area contributed by atoms with Crippen LogP contribution in [0, 0.1) is 0 Å². The zero-order chi connectivity index (χ0) is 15.7. The Labute approximate surface area is 126 Å². The highest BCUT2D eigenvalue weighted by Gasteiger charge is 2.17. The van der Waals surface area contributed by atoms with Crippen molar-refractivity contribution in [3.63, 3.8) is 0 Å². The van der Waals surface area contributed by atoms with E-state index in [4.69, 9.17) is 4.42 Å². The Kier molecular flexibility index (Phi) is 7.58. The van der Waals surface area contributed by atoms with E-state index in [2.05, 4.69) is 12.2 Å². The Bertz CT molecular complexity index is 427. The van der Waals surface area contributed by atoms with E-state index in [1.165, 1.54) is 12.5 Å². The number of carbonyl (C=O) groups excluding carboxylic acids is 2. The molecule has 0 aromatic carbocycles. The molecular weight excluding hydrogens is 268 g/mol. The number of hydrogen-bond donors (Lipinski definition) is 1. The van der Waals surface area contributed by atoms with Crippen LogP contribution in [0.5, 0.6) is 0 Å². The summed E-state index contributed by atoms with van der Waals surface area (Å²) < 4.78 is 4.96. The first-order valence-electron chi connectivity index (χ1n) is 7.65. The molecule has 0 radical (unpaired) electrons. The maximum atomic E-state index is 12.4. The summed E-state index contributed by atoms with van der Waals surface area (Å²) in [6.45, 7) is 7.08. The Morgan fingerprint density at radius 2 is 2.05 bits per heavy atom. The van der Waals surface area contributed by atoms with Gasteiger partial charge < -0.3 is 14.6 Å². The van der Waals surface area contributed by atoms with Gasteiger partial charge in [0, 0.05) is 25.6 Å². The van der Waals surface area contributed by atoms with Gasteiger partial charge in [-0.25, -0.2) is 0 Å². The quantitative estimate of drug-likeness (QED) is 0.712. The van der Waals surface area contributed by atoms with Crippen LogP contribution < -0.4 is 5.32 Å². The minimum atomic E-state index is -0.0720. The van der Waals surface area contributed by atoms with Gasteiger partial charge in [0.05, 0.1) is 11.8 Å². The fourth-order valence-corrected chi connectivity index (χ4v) is 2.07. The Morgan fingerprint density at radius 1 is 1.29 bits per heavy atom. The number of rotatable bonds is 9. The first kappa shape index (κ1) is 17.3. The van der Waals surface area contributed by atoms with Crippen LogP contribution in [0.1, 0.15) is 56.8 Å². The zero-order valence-corrected chi connectivity index (χ0v) is 13.2. The number of hydrogen-bond acceptors (Lipinski definition) is 3. The topological polar surface area (TPSA) is 62.6 Å². The lowest BCUT2D eigenvalue weighted by molar-refractivity contribution is -0.121. The van der Waals surface area contributed by atoms with Crippen molar-refractivity contribution in [3.8, 4) is 0 Å². The van der Waals surface area contributed by atoms with Gasteiger partial charge in [-0.3, -0.25) is 9.59 Å². The van der Waals surface area contributed by atoms with Gasteiger partial charge in [-0.1, -0.05) is 19.8 Å². The fraction of sp³-hybridized carbons (Fsp3) is 0.625. The molecule has 2 amide bonds. The van der Waals surface area contributed by atoms with Crippen molar-refractivity contribution in [1.82, 2.24) is 10.2 Å². The van der Waals surface area contributed by atoms with Crippen molar-refractivity contribution in [2.45, 2.75) is 52.5 Å². The van der Waals surface area contributed by atoms with Crippen LogP contribution >= 0.6 is 0 Å². The third-order valence-electron chi connectivity index (χ3n) is 3.15. The average Bonchev–Trinajstić information content (AvgIpc) is 2.95. The first-order chi connectivity index (χ1) is 10.0. The molecule has 0 aliphatic carbocycles. The van der Waals surface area contributed by atoms with E-state index in [-0.39, 0.29) is 17.9 Å². The third kappa shape index (κ3) is 6.47. The largest absolute Gasteiger partial charge is 0.472 e. The number of amides is 2. The molecule has 5 heteroatoms. The standard InChI is InChI=1S/C16H26N2O3/c1-4-5-6-9-18(10-7-15(19)17-13(2)3)16(20)14-8-11-21-12-14/h8,11-13H,4-7,9-10H2,1-3H3,(H,17,19). The van der Waals surface area contributed by atoms with Gasteiger partial charge in [-0.05, 0) is 26.3 Å². The molecule has 0 bridgehead atoms. The second kappa shape index (κ2) is 9.21. The van der Waals surface area contributed by atoms with Crippen LogP contribution in [0.25, 0.3) is 0 Å². The second-order valence-electron chi connectivity index (χ2n) is 5.48. The molecule has 1 aromatic rings. The molecule has 0 aliphatic heterocycles. The minimum Gasteiger partial charge on any atom is -0.472 e. The van der Waals surface area contributed by atoms with Crippen LogP contribution in [0.3, 0.4) is 0 Å². The molecular formula is C16H26N2O3. The predicted octanol–water partition coefficient (Wildman–Crippen LogP) is 2.83. The Morgan fingerprint density at radius 3 is 2.62 bits per heavy atom. The van der Waals surface area contributed by atoms with E-state index >= 15 is 0 Å². The smallest absolute Gasteiger partial charge is 0.257 e. The summed E-state index contributed by atoms with van der Waals surface area (Å²) in [6.07, 6.45) is 6.39. The van der Waals surface area contributed by atoms with Crippen molar-refractivity contribution < 1.29 is 14.0 Å². The van der Waals surface area contributed by atoms with Crippen LogP contribution in [0.4, 0.5) is 0 Å². The predicted molar refractivity (Wildman–Crippen MR) is 82.0 cm³/mol. The number of carbonyl (C=O) groups is 2. The summed E-state index contributed by atoms with van der Waals surface area (Å²) >= 11 is 0. The molecule has 1 N–H and O–H groups in total. The zero-order valence-electron chi connectivity index (χ0n) is 13.2. The van der Waals surface area contributed by atoms with Crippen LogP contribution in [-0.4, -0.2) is 35.8 Å². The number of nitrogens with zero attached hydrogens (tertiary/aromatic N) is 1. The van der Waals surface area contributed by atoms with Crippen molar-refractivity contribution in [3.05, 3.63) is 24.2 Å². The van der Waals surface area contributed by atoms with Crippen LogP contribution in [-0.2, 0) is 4.79 Å². The fourth-order valence-electron chi connectivity index (χ4n) is 2.07. The highest BCUT2D eigenvalue weighted by atomic mass is 16.3. The summed E-state index contributed by atoms with van der Waals surface area (Å²) in [7, 11) is 0. The van der Waals surface area contributed by atoms with Gasteiger partial charge in [-0.15, -0.1) is 0 Å². The number of nitrogens with one attached hydrogen (secondary N) is 1. The van der Waals surface area contributed by atoms with Crippen LogP contribution in [0.15, 0.2) is 23.0 Å². The molecule has 0 saturated heterocycles. The lowest BCUT2D eigenvalue weighted by Gasteiger charge is -2.22. The van der Waals surface area contributed by atoms with Gasteiger partial charge >= 0.3 is 0 Å². The van der Waals surface area contributed by atoms with E-state index in [9.17, 15) is 9.59 Å². The molecule has 0 spiro atoms. The second-order valence-corrected chi connectivity index (χ2v) is 5.48. The molecule has 0 saturated carbocycles. The van der Waals surface area contributed by atoms with E-state index in [1.54, 1.807) is 11.0 Å². The van der Waals surface area contributed by atoms with Crippen molar-refractivity contribution >= 4 is 11.8 Å². The minimum absolute atomic E-state index is 0.0227. The summed E-state index contributed by atoms with van der Waals surface area (Å²) in [4.78, 5) is 25.8. The van der Waals surface area contributed by atoms with Gasteiger partial charge in [0.1, 0.15) is 6.26 Å². The lowest BCUT2D eigenvalue weighted by atomic mass is 10.2. The third-order valence-corrected chi connectivity index (χ3v) is 3.15. The molecule has 5 nitrogen and oxygen atoms in total. The highest BCUT2D eigenvalue weighted by molar-refractivity contribution is 5.94. The van der Waals surface area contributed by atoms with Crippen LogP contribution in [0.2, 0.25) is 0 Å². The van der Waals surface area contributed by atoms with Crippen molar-refractivity contribution in [1.29, 1.82) is 0 Å². The molecule has 21 heavy (non-hydrogen) atoms. The molecule has 0 aliphatic rings. The summed E-state index contributed by atoms with van der Waals surface area (Å²) in [5.74, 6) is -0.0947. The summed E-state index contributed by atoms with van der Waals surface area (Å²) in [5.41, 5.74) is 0.538. The van der Waals surface area contributed by atoms with E-state index in [0.717, 1.165) is 19.3 Å². The molecule has 118 valence electrons. The Balaban J connectivity index is 2.55. The van der Waals surface area contributed by atoms with Crippen molar-refractivity contribution in [2.75, 3.05) is 13.1 Å². The van der Waals surface area contributed by atoms with E-state index < -0.39 is 0 Å². The molecule has 0 fully saturated rings. The summed E-state index contributed by atoms with van der Waals surface area (Å²) in [5, 5.41) is 2.84. The molecule has 0 atom stereocenters. The number of furan rings is 1. The molecule has 1 rings (SSSR count). The monoisotopic (exact) mass is 294 g/mol. The number of unbranched alkanes of at least 4 members (excludes halogenated alkanes) is 2. The maximum Gasteiger partial charge on any atom is 0.257 e. The SMILES string of the molecule is CCCCCN(CCC(=O)NC(C)C)C(=O)c1ccoc1. The van der Waals surface area contributed by atoms with Crippen molar-refractivity contribution in [2.24, 2.45) is 0 Å². The van der Waals surface area contributed by atoms with Gasteiger partial charge in [0.15, 0.2) is 0 Å². The molecule has 0 unspecified atom stereocenters. The highest BCUT2D eigenvalue weighted by Crippen LogP contribution is 2.08. The summed E-state index contributed by atoms with van der Waals surface area (Å²) in [6, 6.07) is 1.78. The van der Waals surface area contributed by atoms with Gasteiger partial charge in [-0.2, -0.15) is 0 Å². The Hall–Kier alpha value is -1.78. The average molecular weight is 294 g/mol. The maximum absolute atomic E-state index is 12.4. The first-order valence-corrected chi connectivity index (χ1v) is 7.65. The van der Waals surface area contributed by atoms with E-state index in [1.807, 2.05) is 13.8 Å². The normalized spacial score (nSPS) is 10.7. The van der Waals surface area contributed by atoms with E-state index in [0.29, 0.717) is 25.1 Å². The molecule has 1 heterocycles. The molecule has 1 aromatic heterocycles.